The van der Waals surface area contributed by atoms with Crippen molar-refractivity contribution in [3.05, 3.63) is 117 Å². The zero-order chi connectivity index (χ0) is 41.1. The number of likely N-dealkylation sites (N-methyl/N-ethyl adjacent to an activating group) is 1. The van der Waals surface area contributed by atoms with Crippen LogP contribution in [0.5, 0.6) is 0 Å². The van der Waals surface area contributed by atoms with E-state index < -0.39 is 5.60 Å². The second-order valence-corrected chi connectivity index (χ2v) is 16.9. The number of carbonyl (C=O) groups excluding carboxylic acids is 4. The average molecular weight is 795 g/mol. The number of hydrogen-bond donors (Lipinski definition) is 2. The molecule has 0 saturated heterocycles. The SMILES string of the molecule is CCC(CC)N(CCN(C)C(=O)OC(C)(C)C)Cc1cccc(C(=O)Nc2sc3c(c2C(=O)Nc2ccc(CCc4ccc(C(=O)OC)cc4)cc2)CCCC3)c1. The molecule has 4 aromatic rings. The van der Waals surface area contributed by atoms with Crippen LogP contribution in [0.3, 0.4) is 0 Å². The van der Waals surface area contributed by atoms with Gasteiger partial charge < -0.3 is 25.0 Å². The number of nitrogens with one attached hydrogen (secondary N) is 2. The number of thiophene rings is 1. The first-order valence-electron chi connectivity index (χ1n) is 20.1. The number of carbonyl (C=O) groups is 4. The van der Waals surface area contributed by atoms with Gasteiger partial charge in [0.1, 0.15) is 10.6 Å². The summed E-state index contributed by atoms with van der Waals surface area (Å²) in [6.45, 7) is 11.7. The van der Waals surface area contributed by atoms with E-state index in [9.17, 15) is 19.2 Å². The maximum atomic E-state index is 14.0. The number of rotatable bonds is 16. The zero-order valence-electron chi connectivity index (χ0n) is 34.5. The average Bonchev–Trinajstić information content (AvgIpc) is 3.57. The number of aryl methyl sites for hydroxylation is 3. The van der Waals surface area contributed by atoms with E-state index in [1.165, 1.54) is 18.4 Å². The van der Waals surface area contributed by atoms with Crippen molar-refractivity contribution in [3.63, 3.8) is 0 Å². The summed E-state index contributed by atoms with van der Waals surface area (Å²) in [5.41, 5.74) is 6.00. The highest BCUT2D eigenvalue weighted by Crippen LogP contribution is 2.39. The van der Waals surface area contributed by atoms with Crippen LogP contribution >= 0.6 is 11.3 Å². The minimum Gasteiger partial charge on any atom is -0.465 e. The van der Waals surface area contributed by atoms with E-state index in [0.29, 0.717) is 53.1 Å². The highest BCUT2D eigenvalue weighted by molar-refractivity contribution is 7.17. The van der Waals surface area contributed by atoms with Crippen LogP contribution in [-0.4, -0.2) is 72.6 Å². The fraction of sp³-hybridized carbons (Fsp3) is 0.435. The van der Waals surface area contributed by atoms with Gasteiger partial charge in [0.25, 0.3) is 11.8 Å². The molecule has 2 N–H and O–H groups in total. The first-order valence-corrected chi connectivity index (χ1v) is 20.9. The molecule has 0 aliphatic heterocycles. The molecule has 3 amide bonds. The summed E-state index contributed by atoms with van der Waals surface area (Å²) < 4.78 is 10.3. The third-order valence-electron chi connectivity index (χ3n) is 10.4. The number of methoxy groups -OCH3 is 1. The molecule has 1 aliphatic carbocycles. The van der Waals surface area contributed by atoms with Crippen molar-refractivity contribution in [2.45, 2.75) is 104 Å². The van der Waals surface area contributed by atoms with Gasteiger partial charge in [-0.05, 0) is 131 Å². The minimum absolute atomic E-state index is 0.228. The second-order valence-electron chi connectivity index (χ2n) is 15.8. The Morgan fingerprint density at radius 3 is 2.07 bits per heavy atom. The van der Waals surface area contributed by atoms with Gasteiger partial charge in [0.05, 0.1) is 18.2 Å². The van der Waals surface area contributed by atoms with E-state index in [1.807, 2.05) is 81.4 Å². The summed E-state index contributed by atoms with van der Waals surface area (Å²) in [6, 6.07) is 23.3. The number of anilines is 2. The molecule has 0 saturated carbocycles. The predicted molar refractivity (Wildman–Crippen MR) is 229 cm³/mol. The molecule has 0 fully saturated rings. The molecule has 0 unspecified atom stereocenters. The van der Waals surface area contributed by atoms with Gasteiger partial charge in [-0.15, -0.1) is 11.3 Å². The molecule has 0 spiro atoms. The molecule has 1 aromatic heterocycles. The van der Waals surface area contributed by atoms with Crippen LogP contribution < -0.4 is 10.6 Å². The van der Waals surface area contributed by atoms with E-state index >= 15 is 0 Å². The molecular formula is C46H58N4O6S. The van der Waals surface area contributed by atoms with Crippen molar-refractivity contribution >= 4 is 45.9 Å². The highest BCUT2D eigenvalue weighted by atomic mass is 32.1. The Labute approximate surface area is 341 Å². The van der Waals surface area contributed by atoms with Gasteiger partial charge in [-0.3, -0.25) is 14.5 Å². The number of benzene rings is 3. The molecular weight excluding hydrogens is 737 g/mol. The van der Waals surface area contributed by atoms with Gasteiger partial charge in [0, 0.05) is 48.9 Å². The van der Waals surface area contributed by atoms with Crippen LogP contribution in [0.1, 0.15) is 119 Å². The quantitative estimate of drug-likeness (QED) is 0.109. The fourth-order valence-electron chi connectivity index (χ4n) is 7.18. The number of amides is 3. The third-order valence-corrected chi connectivity index (χ3v) is 11.6. The van der Waals surface area contributed by atoms with E-state index in [-0.39, 0.29) is 23.9 Å². The van der Waals surface area contributed by atoms with Crippen molar-refractivity contribution < 1.29 is 28.7 Å². The van der Waals surface area contributed by atoms with Crippen LogP contribution in [0.15, 0.2) is 72.8 Å². The number of ether oxygens (including phenoxy) is 2. The maximum absolute atomic E-state index is 14.0. The summed E-state index contributed by atoms with van der Waals surface area (Å²) in [5, 5.41) is 6.80. The zero-order valence-corrected chi connectivity index (χ0v) is 35.4. The van der Waals surface area contributed by atoms with Crippen molar-refractivity contribution in [2.75, 3.05) is 37.9 Å². The Kier molecular flexibility index (Phi) is 15.1. The Bertz CT molecular complexity index is 2000. The number of esters is 1. The molecule has 1 heterocycles. The second kappa shape index (κ2) is 19.9. The van der Waals surface area contributed by atoms with E-state index in [2.05, 4.69) is 29.4 Å². The lowest BCUT2D eigenvalue weighted by Crippen LogP contribution is -2.42. The molecule has 0 atom stereocenters. The summed E-state index contributed by atoms with van der Waals surface area (Å²) in [7, 11) is 3.13. The Morgan fingerprint density at radius 2 is 1.44 bits per heavy atom. The molecule has 3 aromatic carbocycles. The monoisotopic (exact) mass is 794 g/mol. The van der Waals surface area contributed by atoms with Gasteiger partial charge in [-0.25, -0.2) is 9.59 Å². The summed E-state index contributed by atoms with van der Waals surface area (Å²) in [6.07, 6.45) is 6.94. The van der Waals surface area contributed by atoms with Crippen LogP contribution in [0.4, 0.5) is 15.5 Å². The van der Waals surface area contributed by atoms with Gasteiger partial charge >= 0.3 is 12.1 Å². The summed E-state index contributed by atoms with van der Waals surface area (Å²) in [4.78, 5) is 57.4. The topological polar surface area (TPSA) is 117 Å². The van der Waals surface area contributed by atoms with Gasteiger partial charge in [-0.1, -0.05) is 50.2 Å². The van der Waals surface area contributed by atoms with Crippen molar-refractivity contribution in [1.82, 2.24) is 9.80 Å². The fourth-order valence-corrected chi connectivity index (χ4v) is 8.46. The molecule has 5 rings (SSSR count). The lowest BCUT2D eigenvalue weighted by Gasteiger charge is -2.32. The first kappa shape index (κ1) is 43.1. The number of hydrogen-bond acceptors (Lipinski definition) is 8. The van der Waals surface area contributed by atoms with E-state index in [1.54, 1.807) is 24.1 Å². The van der Waals surface area contributed by atoms with Crippen LogP contribution in [0.2, 0.25) is 0 Å². The molecule has 1 aliphatic rings. The molecule has 0 bridgehead atoms. The lowest BCUT2D eigenvalue weighted by atomic mass is 9.95. The Balaban J connectivity index is 1.25. The number of nitrogens with zero attached hydrogens (tertiary/aromatic N) is 2. The highest BCUT2D eigenvalue weighted by Gasteiger charge is 2.27. The van der Waals surface area contributed by atoms with Gasteiger partial charge in [0.15, 0.2) is 0 Å². The summed E-state index contributed by atoms with van der Waals surface area (Å²) in [5.74, 6) is -0.835. The lowest BCUT2D eigenvalue weighted by molar-refractivity contribution is 0.0269. The largest absolute Gasteiger partial charge is 0.465 e. The molecule has 10 nitrogen and oxygen atoms in total. The van der Waals surface area contributed by atoms with Crippen molar-refractivity contribution in [3.8, 4) is 0 Å². The molecule has 57 heavy (non-hydrogen) atoms. The normalized spacial score (nSPS) is 12.6. The predicted octanol–water partition coefficient (Wildman–Crippen LogP) is 9.56. The third kappa shape index (κ3) is 12.0. The van der Waals surface area contributed by atoms with E-state index in [4.69, 9.17) is 9.47 Å². The van der Waals surface area contributed by atoms with E-state index in [0.717, 1.165) is 78.5 Å². The smallest absolute Gasteiger partial charge is 0.410 e. The van der Waals surface area contributed by atoms with Crippen molar-refractivity contribution in [2.24, 2.45) is 0 Å². The summed E-state index contributed by atoms with van der Waals surface area (Å²) >= 11 is 1.50. The Hall–Kier alpha value is -5.00. The number of fused-ring (bicyclic) bond motifs is 1. The Morgan fingerprint density at radius 1 is 0.789 bits per heavy atom. The molecule has 0 radical (unpaired) electrons. The molecule has 11 heteroatoms. The first-order chi connectivity index (χ1) is 27.3. The van der Waals surface area contributed by atoms with Gasteiger partial charge in [0.2, 0.25) is 0 Å². The molecule has 304 valence electrons. The van der Waals surface area contributed by atoms with Crippen LogP contribution in [-0.2, 0) is 41.7 Å². The van der Waals surface area contributed by atoms with Crippen molar-refractivity contribution in [1.29, 1.82) is 0 Å². The van der Waals surface area contributed by atoms with Crippen LogP contribution in [0, 0.1) is 0 Å². The van der Waals surface area contributed by atoms with Gasteiger partial charge in [-0.2, -0.15) is 0 Å². The maximum Gasteiger partial charge on any atom is 0.410 e. The minimum atomic E-state index is -0.562. The van der Waals surface area contributed by atoms with Crippen LogP contribution in [0.25, 0.3) is 0 Å². The standard InChI is InChI=1S/C46H58N4O6S/c1-8-37(9-2)50(28-27-49(6)45(54)56-46(3,4)5)30-33-13-12-14-35(29-33)41(51)48-43-40(38-15-10-11-16-39(38)57-43)42(52)47-36-25-21-32(22-26-36)18-17-31-19-23-34(24-20-31)44(53)55-7/h12-14,19-26,29,37H,8-11,15-18,27-28,30H2,1-7H3,(H,47,52)(H,48,51).